The minimum absolute atomic E-state index is 0.00966. The summed E-state index contributed by atoms with van der Waals surface area (Å²) in [4.78, 5) is 49.0. The van der Waals surface area contributed by atoms with Crippen LogP contribution in [-0.4, -0.2) is 75.7 Å². The van der Waals surface area contributed by atoms with Gasteiger partial charge in [-0.05, 0) is 18.9 Å². The number of rotatable bonds is 8. The summed E-state index contributed by atoms with van der Waals surface area (Å²) < 4.78 is 7.34. The van der Waals surface area contributed by atoms with Crippen molar-refractivity contribution in [2.24, 2.45) is 5.16 Å². The lowest BCUT2D eigenvalue weighted by molar-refractivity contribution is -0.662. The van der Waals surface area contributed by atoms with Crippen molar-refractivity contribution < 1.29 is 28.9 Å². The molecule has 0 bridgehead atoms. The Morgan fingerprint density at radius 1 is 1.34 bits per heavy atom. The number of oxime groups is 1. The van der Waals surface area contributed by atoms with E-state index in [4.69, 9.17) is 16.3 Å². The molecule has 1 aliphatic carbocycles. The number of imidazole rings is 1. The van der Waals surface area contributed by atoms with Gasteiger partial charge in [-0.25, -0.2) is 9.36 Å². The summed E-state index contributed by atoms with van der Waals surface area (Å²) in [5.74, 6) is -1.80. The van der Waals surface area contributed by atoms with Gasteiger partial charge >= 0.3 is 11.6 Å². The van der Waals surface area contributed by atoms with Crippen molar-refractivity contribution >= 4 is 63.4 Å². The lowest BCUT2D eigenvalue weighted by Crippen LogP contribution is -2.71. The zero-order valence-corrected chi connectivity index (χ0v) is 21.2. The van der Waals surface area contributed by atoms with Crippen LogP contribution in [0.15, 0.2) is 41.0 Å². The first kappa shape index (κ1) is 24.1. The molecule has 1 saturated carbocycles. The highest BCUT2D eigenvalue weighted by atomic mass is 32.2. The number of nitrogens with zero attached hydrogens (tertiary/aromatic N) is 7. The predicted octanol–water partition coefficient (Wildman–Crippen LogP) is -1.04. The lowest BCUT2D eigenvalue weighted by Gasteiger charge is -2.49. The van der Waals surface area contributed by atoms with Crippen LogP contribution in [0.1, 0.15) is 18.7 Å². The Hall–Kier alpha value is -4.25. The summed E-state index contributed by atoms with van der Waals surface area (Å²) in [6, 6.07) is 2.59. The summed E-state index contributed by atoms with van der Waals surface area (Å²) in [6.07, 6.45) is 4.83. The Balaban J connectivity index is 1.23. The van der Waals surface area contributed by atoms with E-state index in [9.17, 15) is 19.5 Å². The van der Waals surface area contributed by atoms with Crippen LogP contribution in [0.25, 0.3) is 5.65 Å². The van der Waals surface area contributed by atoms with Crippen LogP contribution in [0.4, 0.5) is 10.9 Å². The molecule has 3 aliphatic rings. The van der Waals surface area contributed by atoms with Crippen LogP contribution in [-0.2, 0) is 25.8 Å². The number of carbonyl (C=O) groups is 3. The number of amides is 2. The number of β-lactam (4-membered cyclic amide) rings is 1. The van der Waals surface area contributed by atoms with Gasteiger partial charge in [0.15, 0.2) is 11.3 Å². The number of carboxylic acids is 1. The number of nitrogens with one attached hydrogen (secondary N) is 1. The average Bonchev–Trinajstić information content (AvgIpc) is 3.55. The SMILES string of the molecule is Nc1nc(/C(=N/OC2CC2)C(=O)N[C@@H]2C(=O)N3C(C(=O)O)=C(C[n+]4cc(N)n5ncccc54)CS[C@H]23)ns1. The monoisotopic (exact) mass is 557 g/mol. The van der Waals surface area contributed by atoms with E-state index in [2.05, 4.69) is 24.9 Å². The molecule has 1 saturated heterocycles. The van der Waals surface area contributed by atoms with Crippen molar-refractivity contribution in [1.29, 1.82) is 0 Å². The highest BCUT2D eigenvalue weighted by Gasteiger charge is 2.54. The van der Waals surface area contributed by atoms with Crippen molar-refractivity contribution in [2.45, 2.75) is 36.9 Å². The highest BCUT2D eigenvalue weighted by Crippen LogP contribution is 2.40. The van der Waals surface area contributed by atoms with E-state index in [1.54, 1.807) is 29.1 Å². The Labute approximate surface area is 222 Å². The van der Waals surface area contributed by atoms with Crippen LogP contribution >= 0.6 is 23.3 Å². The van der Waals surface area contributed by atoms with Crippen LogP contribution in [0.5, 0.6) is 0 Å². The molecule has 6 rings (SSSR count). The third-order valence-electron chi connectivity index (χ3n) is 6.14. The molecule has 2 fully saturated rings. The highest BCUT2D eigenvalue weighted by molar-refractivity contribution is 8.00. The minimum Gasteiger partial charge on any atom is -0.477 e. The molecule has 2 amide bonds. The first-order chi connectivity index (χ1) is 18.3. The molecule has 0 aromatic carbocycles. The van der Waals surface area contributed by atoms with Gasteiger partial charge in [0.1, 0.15) is 29.8 Å². The number of nitrogen functional groups attached to an aromatic ring is 2. The third kappa shape index (κ3) is 4.18. The van der Waals surface area contributed by atoms with Crippen LogP contribution < -0.4 is 21.4 Å². The second kappa shape index (κ2) is 9.25. The predicted molar refractivity (Wildman–Crippen MR) is 134 cm³/mol. The average molecular weight is 558 g/mol. The normalized spacial score (nSPS) is 21.3. The first-order valence-corrected chi connectivity index (χ1v) is 13.3. The molecule has 3 aromatic heterocycles. The van der Waals surface area contributed by atoms with Gasteiger partial charge in [-0.1, -0.05) is 14.8 Å². The third-order valence-corrected chi connectivity index (χ3v) is 8.02. The fraction of sp³-hybridized carbons (Fsp3) is 0.333. The molecule has 6 N–H and O–H groups in total. The number of thioether (sulfide) groups is 1. The molecule has 17 heteroatoms. The molecular formula is C21H21N10O5S2+. The number of aromatic nitrogens is 5. The first-order valence-electron chi connectivity index (χ1n) is 11.5. The maximum Gasteiger partial charge on any atom is 0.352 e. The van der Waals surface area contributed by atoms with Gasteiger partial charge in [0.05, 0.1) is 6.20 Å². The summed E-state index contributed by atoms with van der Waals surface area (Å²) >= 11 is 2.25. The molecule has 2 aliphatic heterocycles. The maximum absolute atomic E-state index is 13.1. The zero-order chi connectivity index (χ0) is 26.6. The lowest BCUT2D eigenvalue weighted by atomic mass is 10.0. The number of aliphatic carboxylic acids is 1. The molecule has 0 unspecified atom stereocenters. The molecule has 15 nitrogen and oxygen atoms in total. The van der Waals surface area contributed by atoms with E-state index >= 15 is 0 Å². The molecule has 0 spiro atoms. The number of hydrogen-bond acceptors (Lipinski definition) is 12. The smallest absolute Gasteiger partial charge is 0.352 e. The second-order valence-corrected chi connectivity index (χ2v) is 10.7. The van der Waals surface area contributed by atoms with E-state index in [0.717, 1.165) is 24.4 Å². The van der Waals surface area contributed by atoms with Crippen LogP contribution in [0.2, 0.25) is 0 Å². The largest absolute Gasteiger partial charge is 0.477 e. The minimum atomic E-state index is -1.24. The van der Waals surface area contributed by atoms with Crippen molar-refractivity contribution in [3.05, 3.63) is 41.6 Å². The summed E-state index contributed by atoms with van der Waals surface area (Å²) in [7, 11) is 0. The van der Waals surface area contributed by atoms with Crippen LogP contribution in [0, 0.1) is 0 Å². The Morgan fingerprint density at radius 3 is 2.87 bits per heavy atom. The Morgan fingerprint density at radius 2 is 2.16 bits per heavy atom. The summed E-state index contributed by atoms with van der Waals surface area (Å²) in [5.41, 5.74) is 12.6. The van der Waals surface area contributed by atoms with Gasteiger partial charge in [0.2, 0.25) is 11.5 Å². The van der Waals surface area contributed by atoms with Gasteiger partial charge in [0, 0.05) is 28.9 Å². The number of fused-ring (bicyclic) bond motifs is 2. The van der Waals surface area contributed by atoms with E-state index in [1.165, 1.54) is 21.2 Å². The van der Waals surface area contributed by atoms with E-state index in [1.807, 2.05) is 0 Å². The fourth-order valence-electron chi connectivity index (χ4n) is 4.22. The van der Waals surface area contributed by atoms with Gasteiger partial charge in [-0.3, -0.25) is 14.5 Å². The van der Waals surface area contributed by atoms with Crippen molar-refractivity contribution in [3.8, 4) is 0 Å². The quantitative estimate of drug-likeness (QED) is 0.114. The van der Waals surface area contributed by atoms with Gasteiger partial charge < -0.3 is 26.7 Å². The number of anilines is 2. The number of carboxylic acid groups (broad SMARTS) is 1. The molecule has 196 valence electrons. The molecule has 2 atom stereocenters. The van der Waals surface area contributed by atoms with E-state index in [-0.39, 0.29) is 35.0 Å². The van der Waals surface area contributed by atoms with E-state index in [0.29, 0.717) is 22.8 Å². The van der Waals surface area contributed by atoms with Crippen molar-refractivity contribution in [1.82, 2.24) is 29.2 Å². The topological polar surface area (TPSA) is 207 Å². The molecule has 5 heterocycles. The van der Waals surface area contributed by atoms with Crippen molar-refractivity contribution in [2.75, 3.05) is 17.2 Å². The molecule has 3 aromatic rings. The number of hydrogen-bond donors (Lipinski definition) is 4. The maximum atomic E-state index is 13.1. The van der Waals surface area contributed by atoms with Gasteiger partial charge in [-0.15, -0.1) is 11.8 Å². The number of carbonyl (C=O) groups excluding carboxylic acids is 2. The van der Waals surface area contributed by atoms with Crippen LogP contribution in [0.3, 0.4) is 0 Å². The molecular weight excluding hydrogens is 536 g/mol. The molecule has 0 radical (unpaired) electrons. The standard InChI is InChI=1S/C21H20N10O5S2/c22-11-7-29(12-2-1-5-24-31(11)12)6-9-8-37-19-14(18(33)30(19)15(9)20(34)35)25-17(32)13(27-36-10-3-4-10)16-26-21(23)38-28-16/h1-2,5,7,10,14,19H,3-4,6,8H2,(H5-,22,23,24,25,26,28,32,34,35)/p+1/b27-13-/t14-,19-/m1/s1. The Bertz CT molecular complexity index is 1540. The zero-order valence-electron chi connectivity index (χ0n) is 19.6. The summed E-state index contributed by atoms with van der Waals surface area (Å²) in [6.45, 7) is 0.195. The second-order valence-electron chi connectivity index (χ2n) is 8.79. The van der Waals surface area contributed by atoms with E-state index < -0.39 is 29.2 Å². The summed E-state index contributed by atoms with van der Waals surface area (Å²) in [5, 5.41) is 20.3. The van der Waals surface area contributed by atoms with Gasteiger partial charge in [0.25, 0.3) is 17.6 Å². The Kier molecular flexibility index (Phi) is 5.87. The fourth-order valence-corrected chi connectivity index (χ4v) is 5.99. The van der Waals surface area contributed by atoms with Crippen molar-refractivity contribution in [3.63, 3.8) is 0 Å². The van der Waals surface area contributed by atoms with Gasteiger partial charge in [-0.2, -0.15) is 9.36 Å². The number of nitrogens with two attached hydrogens (primary N) is 2. The molecule has 38 heavy (non-hydrogen) atoms.